The molecule has 2 heterocycles. The van der Waals surface area contributed by atoms with Crippen molar-refractivity contribution in [2.24, 2.45) is 5.92 Å². The van der Waals surface area contributed by atoms with Crippen molar-refractivity contribution in [2.45, 2.75) is 26.9 Å². The summed E-state index contributed by atoms with van der Waals surface area (Å²) in [6, 6.07) is 0. The lowest BCUT2D eigenvalue weighted by molar-refractivity contribution is 0.182. The summed E-state index contributed by atoms with van der Waals surface area (Å²) in [4.78, 5) is 10.4. The van der Waals surface area contributed by atoms with Gasteiger partial charge in [0.15, 0.2) is 5.13 Å². The molecule has 0 fully saturated rings. The molecule has 0 unspecified atom stereocenters. The van der Waals surface area contributed by atoms with E-state index in [1.54, 1.807) is 29.8 Å². The second kappa shape index (κ2) is 6.45. The zero-order chi connectivity index (χ0) is 13.8. The van der Waals surface area contributed by atoms with Crippen molar-refractivity contribution < 1.29 is 4.74 Å². The first-order chi connectivity index (χ1) is 9.13. The third-order valence-electron chi connectivity index (χ3n) is 2.56. The van der Waals surface area contributed by atoms with Crippen LogP contribution in [0.25, 0.3) is 10.6 Å². The standard InChI is InChI=1S/C13H19N3OS2/c1-8(2)5-11-15-9(6-17-4)12(19-11)10-7-18-13(14-3)16-10/h7-8H,5-6H2,1-4H3,(H,14,16). The third-order valence-corrected chi connectivity index (χ3v) is 4.56. The van der Waals surface area contributed by atoms with Gasteiger partial charge in [0.1, 0.15) is 0 Å². The number of rotatable bonds is 6. The number of hydrogen-bond donors (Lipinski definition) is 1. The number of thiazole rings is 2. The minimum absolute atomic E-state index is 0.538. The van der Waals surface area contributed by atoms with E-state index in [1.807, 2.05) is 7.05 Å². The van der Waals surface area contributed by atoms with E-state index < -0.39 is 0 Å². The van der Waals surface area contributed by atoms with E-state index >= 15 is 0 Å². The summed E-state index contributed by atoms with van der Waals surface area (Å²) in [6.07, 6.45) is 1.00. The van der Waals surface area contributed by atoms with E-state index in [1.165, 1.54) is 0 Å². The number of hydrogen-bond acceptors (Lipinski definition) is 6. The Balaban J connectivity index is 2.33. The van der Waals surface area contributed by atoms with E-state index in [-0.39, 0.29) is 0 Å². The fourth-order valence-electron chi connectivity index (χ4n) is 1.76. The molecule has 0 aliphatic carbocycles. The first kappa shape index (κ1) is 14.4. The van der Waals surface area contributed by atoms with Crippen LogP contribution >= 0.6 is 22.7 Å². The zero-order valence-electron chi connectivity index (χ0n) is 11.7. The molecule has 0 saturated heterocycles. The summed E-state index contributed by atoms with van der Waals surface area (Å²) in [5.41, 5.74) is 1.99. The average Bonchev–Trinajstić information content (AvgIpc) is 2.95. The largest absolute Gasteiger partial charge is 0.378 e. The van der Waals surface area contributed by atoms with Crippen LogP contribution in [0.15, 0.2) is 5.38 Å². The lowest BCUT2D eigenvalue weighted by Gasteiger charge is -1.98. The van der Waals surface area contributed by atoms with Gasteiger partial charge in [-0.3, -0.25) is 0 Å². The quantitative estimate of drug-likeness (QED) is 0.884. The second-order valence-electron chi connectivity index (χ2n) is 4.70. The molecular weight excluding hydrogens is 278 g/mol. The highest BCUT2D eigenvalue weighted by atomic mass is 32.1. The van der Waals surface area contributed by atoms with E-state index in [2.05, 4.69) is 34.5 Å². The maximum absolute atomic E-state index is 5.25. The maximum atomic E-state index is 5.25. The van der Waals surface area contributed by atoms with Crippen LogP contribution in [0.4, 0.5) is 5.13 Å². The monoisotopic (exact) mass is 297 g/mol. The van der Waals surface area contributed by atoms with Crippen molar-refractivity contribution in [3.05, 3.63) is 16.1 Å². The Morgan fingerprint density at radius 1 is 1.37 bits per heavy atom. The van der Waals surface area contributed by atoms with Gasteiger partial charge >= 0.3 is 0 Å². The van der Waals surface area contributed by atoms with Gasteiger partial charge in [-0.05, 0) is 5.92 Å². The molecule has 19 heavy (non-hydrogen) atoms. The number of ether oxygens (including phenoxy) is 1. The highest BCUT2D eigenvalue weighted by Gasteiger charge is 2.16. The predicted molar refractivity (Wildman–Crippen MR) is 82.0 cm³/mol. The SMILES string of the molecule is CNc1nc(-c2sc(CC(C)C)nc2COC)cs1. The van der Waals surface area contributed by atoms with Gasteiger partial charge in [-0.25, -0.2) is 9.97 Å². The van der Waals surface area contributed by atoms with Gasteiger partial charge in [0.2, 0.25) is 0 Å². The smallest absolute Gasteiger partial charge is 0.182 e. The first-order valence-electron chi connectivity index (χ1n) is 6.25. The van der Waals surface area contributed by atoms with Gasteiger partial charge < -0.3 is 10.1 Å². The Labute approximate surface area is 121 Å². The number of anilines is 1. The number of aromatic nitrogens is 2. The van der Waals surface area contributed by atoms with Crippen molar-refractivity contribution in [1.29, 1.82) is 0 Å². The summed E-state index contributed by atoms with van der Waals surface area (Å²) in [5.74, 6) is 0.609. The topological polar surface area (TPSA) is 47.0 Å². The van der Waals surface area contributed by atoms with Crippen molar-refractivity contribution in [2.75, 3.05) is 19.5 Å². The van der Waals surface area contributed by atoms with Crippen molar-refractivity contribution >= 4 is 27.8 Å². The van der Waals surface area contributed by atoms with Crippen LogP contribution in [0.2, 0.25) is 0 Å². The molecule has 2 aromatic rings. The summed E-state index contributed by atoms with van der Waals surface area (Å²) >= 11 is 3.34. The Morgan fingerprint density at radius 3 is 2.74 bits per heavy atom. The van der Waals surface area contributed by atoms with E-state index in [4.69, 9.17) is 4.74 Å². The minimum atomic E-state index is 0.538. The molecule has 0 saturated carbocycles. The fraction of sp³-hybridized carbons (Fsp3) is 0.538. The second-order valence-corrected chi connectivity index (χ2v) is 6.64. The summed E-state index contributed by atoms with van der Waals surface area (Å²) < 4.78 is 5.25. The van der Waals surface area contributed by atoms with Crippen LogP contribution in [0.3, 0.4) is 0 Å². The molecule has 4 nitrogen and oxygen atoms in total. The third kappa shape index (κ3) is 3.52. The maximum Gasteiger partial charge on any atom is 0.182 e. The predicted octanol–water partition coefficient (Wildman–Crippen LogP) is 3.65. The molecule has 2 rings (SSSR count). The van der Waals surface area contributed by atoms with Crippen LogP contribution in [0.5, 0.6) is 0 Å². The van der Waals surface area contributed by atoms with Crippen LogP contribution in [-0.4, -0.2) is 24.1 Å². The molecule has 2 aromatic heterocycles. The number of nitrogens with one attached hydrogen (secondary N) is 1. The van der Waals surface area contributed by atoms with Gasteiger partial charge in [-0.2, -0.15) is 0 Å². The molecule has 0 aromatic carbocycles. The van der Waals surface area contributed by atoms with Gasteiger partial charge in [-0.1, -0.05) is 13.8 Å². The molecular formula is C13H19N3OS2. The molecule has 0 spiro atoms. The first-order valence-corrected chi connectivity index (χ1v) is 7.94. The Kier molecular flexibility index (Phi) is 4.90. The fourth-order valence-corrected chi connectivity index (χ4v) is 3.74. The number of nitrogens with zero attached hydrogens (tertiary/aromatic N) is 2. The Morgan fingerprint density at radius 2 is 2.16 bits per heavy atom. The van der Waals surface area contributed by atoms with Crippen molar-refractivity contribution in [3.8, 4) is 10.6 Å². The van der Waals surface area contributed by atoms with Crippen LogP contribution in [0, 0.1) is 5.92 Å². The zero-order valence-corrected chi connectivity index (χ0v) is 13.3. The molecule has 0 bridgehead atoms. The lowest BCUT2D eigenvalue weighted by Crippen LogP contribution is -1.95. The Bertz CT molecular complexity index is 534. The molecule has 0 aliphatic rings. The average molecular weight is 297 g/mol. The van der Waals surface area contributed by atoms with Crippen LogP contribution in [-0.2, 0) is 17.8 Å². The molecule has 0 aliphatic heterocycles. The molecule has 0 atom stereocenters. The highest BCUT2D eigenvalue weighted by Crippen LogP contribution is 2.33. The molecule has 0 amide bonds. The Hall–Kier alpha value is -0.980. The molecule has 1 N–H and O–H groups in total. The van der Waals surface area contributed by atoms with Gasteiger partial charge in [0, 0.05) is 26.0 Å². The van der Waals surface area contributed by atoms with Crippen molar-refractivity contribution in [1.82, 2.24) is 9.97 Å². The van der Waals surface area contributed by atoms with E-state index in [9.17, 15) is 0 Å². The summed E-state index contributed by atoms with van der Waals surface area (Å²) in [5, 5.41) is 7.23. The van der Waals surface area contributed by atoms with Crippen molar-refractivity contribution in [3.63, 3.8) is 0 Å². The normalized spacial score (nSPS) is 11.2. The van der Waals surface area contributed by atoms with E-state index in [0.29, 0.717) is 12.5 Å². The molecule has 104 valence electrons. The van der Waals surface area contributed by atoms with E-state index in [0.717, 1.165) is 32.8 Å². The highest BCUT2D eigenvalue weighted by molar-refractivity contribution is 7.16. The van der Waals surface area contributed by atoms with Crippen LogP contribution in [0.1, 0.15) is 24.5 Å². The lowest BCUT2D eigenvalue weighted by atomic mass is 10.1. The number of methoxy groups -OCH3 is 1. The van der Waals surface area contributed by atoms with Crippen LogP contribution < -0.4 is 5.32 Å². The van der Waals surface area contributed by atoms with Gasteiger partial charge in [-0.15, -0.1) is 22.7 Å². The minimum Gasteiger partial charge on any atom is -0.378 e. The summed E-state index contributed by atoms with van der Waals surface area (Å²) in [7, 11) is 3.58. The van der Waals surface area contributed by atoms with Gasteiger partial charge in [0.05, 0.1) is 27.9 Å². The molecule has 0 radical (unpaired) electrons. The molecule has 6 heteroatoms. The summed E-state index contributed by atoms with van der Waals surface area (Å²) in [6.45, 7) is 4.95. The van der Waals surface area contributed by atoms with Gasteiger partial charge in [0.25, 0.3) is 0 Å².